The number of benzene rings is 1. The molecule has 1 N–H and O–H groups in total. The molecule has 29 heavy (non-hydrogen) atoms. The molecule has 1 aromatic carbocycles. The molecule has 0 aliphatic rings. The summed E-state index contributed by atoms with van der Waals surface area (Å²) in [5.41, 5.74) is 1.09. The van der Waals surface area contributed by atoms with E-state index in [0.717, 1.165) is 0 Å². The van der Waals surface area contributed by atoms with Gasteiger partial charge in [0.2, 0.25) is 0 Å². The van der Waals surface area contributed by atoms with E-state index < -0.39 is 0 Å². The number of hydrogen-bond donors (Lipinski definition) is 1. The van der Waals surface area contributed by atoms with Gasteiger partial charge in [-0.05, 0) is 30.3 Å². The molecule has 4 aromatic heterocycles. The second kappa shape index (κ2) is 6.45. The highest BCUT2D eigenvalue weighted by Gasteiger charge is 2.13. The van der Waals surface area contributed by atoms with Crippen molar-refractivity contribution in [2.24, 2.45) is 0 Å². The molecule has 0 unspecified atom stereocenters. The number of nitrogens with one attached hydrogen (secondary N) is 1. The van der Waals surface area contributed by atoms with Crippen molar-refractivity contribution in [1.82, 2.24) is 24.3 Å². The first kappa shape index (κ1) is 16.9. The summed E-state index contributed by atoms with van der Waals surface area (Å²) in [6.07, 6.45) is 4.86. The summed E-state index contributed by atoms with van der Waals surface area (Å²) in [6.45, 7) is 0. The van der Waals surface area contributed by atoms with Crippen LogP contribution in [0.5, 0.6) is 5.75 Å². The molecule has 0 amide bonds. The van der Waals surface area contributed by atoms with Gasteiger partial charge in [-0.3, -0.25) is 23.8 Å². The molecule has 0 spiro atoms. The molecule has 142 valence electrons. The molecular formula is C21H15N5O3. The summed E-state index contributed by atoms with van der Waals surface area (Å²) in [5.74, 6) is 1.11. The Morgan fingerprint density at radius 2 is 1.59 bits per heavy atom. The Morgan fingerprint density at radius 1 is 0.897 bits per heavy atom. The molecule has 0 radical (unpaired) electrons. The third-order valence-electron chi connectivity index (χ3n) is 4.83. The lowest BCUT2D eigenvalue weighted by Crippen LogP contribution is -2.21. The van der Waals surface area contributed by atoms with Gasteiger partial charge in [-0.25, -0.2) is 4.98 Å². The van der Waals surface area contributed by atoms with Crippen LogP contribution in [0.25, 0.3) is 33.3 Å². The first-order valence-electron chi connectivity index (χ1n) is 8.88. The van der Waals surface area contributed by atoms with Crippen LogP contribution < -0.4 is 15.9 Å². The SMILES string of the molecule is COc1ccccc1-n1ccc2nc3ccn(-c4ccn[nH]4)c(=O)c3cc2c1=O. The van der Waals surface area contributed by atoms with Gasteiger partial charge in [0, 0.05) is 18.5 Å². The number of methoxy groups -OCH3 is 1. The number of hydrogen-bond acceptors (Lipinski definition) is 5. The van der Waals surface area contributed by atoms with Gasteiger partial charge >= 0.3 is 0 Å². The van der Waals surface area contributed by atoms with Crippen molar-refractivity contribution in [3.8, 4) is 17.3 Å². The van der Waals surface area contributed by atoms with Crippen LogP contribution in [-0.2, 0) is 0 Å². The third-order valence-corrected chi connectivity index (χ3v) is 4.83. The Labute approximate surface area is 163 Å². The first-order chi connectivity index (χ1) is 14.2. The van der Waals surface area contributed by atoms with E-state index in [2.05, 4.69) is 15.2 Å². The molecule has 0 aliphatic heterocycles. The van der Waals surface area contributed by atoms with Crippen molar-refractivity contribution in [2.45, 2.75) is 0 Å². The Kier molecular flexibility index (Phi) is 3.77. The third kappa shape index (κ3) is 2.61. The van der Waals surface area contributed by atoms with Gasteiger partial charge in [0.15, 0.2) is 0 Å². The van der Waals surface area contributed by atoms with Crippen molar-refractivity contribution < 1.29 is 4.74 Å². The highest BCUT2D eigenvalue weighted by atomic mass is 16.5. The number of rotatable bonds is 3. The van der Waals surface area contributed by atoms with Gasteiger partial charge in [-0.1, -0.05) is 12.1 Å². The second-order valence-electron chi connectivity index (χ2n) is 6.45. The fourth-order valence-electron chi connectivity index (χ4n) is 3.42. The zero-order valence-electron chi connectivity index (χ0n) is 15.4. The van der Waals surface area contributed by atoms with E-state index in [1.165, 1.54) is 9.13 Å². The quantitative estimate of drug-likeness (QED) is 0.481. The molecule has 8 heteroatoms. The van der Waals surface area contributed by atoms with E-state index in [4.69, 9.17) is 4.74 Å². The standard InChI is InChI=1S/C21H15N5O3/c1-29-18-5-3-2-4-17(18)25-10-7-15-13(20(25)27)12-14-16(23-15)8-11-26(21(14)28)19-6-9-22-24-19/h2-12H,1H3,(H,22,24). The number of para-hydroxylation sites is 2. The molecular weight excluding hydrogens is 370 g/mol. The number of fused-ring (bicyclic) bond motifs is 2. The summed E-state index contributed by atoms with van der Waals surface area (Å²) in [6, 6.07) is 14.0. The lowest BCUT2D eigenvalue weighted by molar-refractivity contribution is 0.412. The van der Waals surface area contributed by atoms with Crippen LogP contribution in [0.3, 0.4) is 0 Å². The number of H-pyrrole nitrogens is 1. The fourth-order valence-corrected chi connectivity index (χ4v) is 3.42. The van der Waals surface area contributed by atoms with Gasteiger partial charge < -0.3 is 4.74 Å². The van der Waals surface area contributed by atoms with Gasteiger partial charge in [0.05, 0.1) is 40.8 Å². The average molecular weight is 385 g/mol. The molecule has 5 aromatic rings. The molecule has 8 nitrogen and oxygen atoms in total. The smallest absolute Gasteiger partial charge is 0.265 e. The van der Waals surface area contributed by atoms with Crippen molar-refractivity contribution in [1.29, 1.82) is 0 Å². The van der Waals surface area contributed by atoms with Crippen LogP contribution in [0.1, 0.15) is 0 Å². The van der Waals surface area contributed by atoms with Crippen LogP contribution in [0, 0.1) is 0 Å². The number of aromatic amines is 1. The molecule has 0 bridgehead atoms. The largest absolute Gasteiger partial charge is 0.495 e. The molecule has 0 aliphatic carbocycles. The van der Waals surface area contributed by atoms with Gasteiger partial charge in [0.25, 0.3) is 11.1 Å². The van der Waals surface area contributed by atoms with E-state index in [-0.39, 0.29) is 11.1 Å². The average Bonchev–Trinajstić information content (AvgIpc) is 3.28. The fraction of sp³-hybridized carbons (Fsp3) is 0.0476. The maximum absolute atomic E-state index is 13.2. The van der Waals surface area contributed by atoms with E-state index >= 15 is 0 Å². The summed E-state index contributed by atoms with van der Waals surface area (Å²) in [4.78, 5) is 30.7. The molecule has 4 heterocycles. The minimum atomic E-state index is -0.284. The predicted molar refractivity (Wildman–Crippen MR) is 109 cm³/mol. The van der Waals surface area contributed by atoms with Crippen LogP contribution in [-0.4, -0.2) is 31.4 Å². The summed E-state index contributed by atoms with van der Waals surface area (Å²) >= 11 is 0. The Balaban J connectivity index is 1.80. The van der Waals surface area contributed by atoms with Crippen molar-refractivity contribution in [3.63, 3.8) is 0 Å². The summed E-state index contributed by atoms with van der Waals surface area (Å²) < 4.78 is 8.30. The van der Waals surface area contributed by atoms with Crippen LogP contribution in [0.2, 0.25) is 0 Å². The maximum atomic E-state index is 13.2. The van der Waals surface area contributed by atoms with E-state index in [1.54, 1.807) is 62.1 Å². The van der Waals surface area contributed by atoms with E-state index in [9.17, 15) is 9.59 Å². The molecule has 5 rings (SSSR count). The van der Waals surface area contributed by atoms with Crippen molar-refractivity contribution in [3.05, 3.63) is 87.8 Å². The van der Waals surface area contributed by atoms with E-state index in [0.29, 0.717) is 39.1 Å². The summed E-state index contributed by atoms with van der Waals surface area (Å²) in [5, 5.41) is 7.35. The Morgan fingerprint density at radius 3 is 2.28 bits per heavy atom. The molecule has 0 saturated heterocycles. The van der Waals surface area contributed by atoms with Gasteiger partial charge in [0.1, 0.15) is 11.6 Å². The number of aromatic nitrogens is 5. The molecule has 0 atom stereocenters. The topological polar surface area (TPSA) is 94.8 Å². The lowest BCUT2D eigenvalue weighted by Gasteiger charge is -2.12. The Bertz CT molecular complexity index is 1480. The Hall–Kier alpha value is -4.20. The number of pyridine rings is 3. The van der Waals surface area contributed by atoms with Gasteiger partial charge in [-0.15, -0.1) is 0 Å². The van der Waals surface area contributed by atoms with Crippen LogP contribution in [0.15, 0.2) is 76.7 Å². The second-order valence-corrected chi connectivity index (χ2v) is 6.45. The summed E-state index contributed by atoms with van der Waals surface area (Å²) in [7, 11) is 1.55. The highest BCUT2D eigenvalue weighted by Crippen LogP contribution is 2.22. The minimum Gasteiger partial charge on any atom is -0.495 e. The maximum Gasteiger partial charge on any atom is 0.265 e. The lowest BCUT2D eigenvalue weighted by atomic mass is 10.2. The number of nitrogens with zero attached hydrogens (tertiary/aromatic N) is 4. The predicted octanol–water partition coefficient (Wildman–Crippen LogP) is 2.42. The highest BCUT2D eigenvalue weighted by molar-refractivity contribution is 5.91. The van der Waals surface area contributed by atoms with Crippen molar-refractivity contribution >= 4 is 21.8 Å². The normalized spacial score (nSPS) is 11.2. The van der Waals surface area contributed by atoms with Crippen LogP contribution >= 0.6 is 0 Å². The van der Waals surface area contributed by atoms with Gasteiger partial charge in [-0.2, -0.15) is 5.10 Å². The molecule has 0 fully saturated rings. The zero-order valence-corrected chi connectivity index (χ0v) is 15.4. The van der Waals surface area contributed by atoms with Crippen LogP contribution in [0.4, 0.5) is 0 Å². The minimum absolute atomic E-state index is 0.280. The van der Waals surface area contributed by atoms with E-state index in [1.807, 2.05) is 12.1 Å². The van der Waals surface area contributed by atoms with Crippen molar-refractivity contribution in [2.75, 3.05) is 7.11 Å². The molecule has 0 saturated carbocycles. The monoisotopic (exact) mass is 385 g/mol. The number of ether oxygens (including phenoxy) is 1. The first-order valence-corrected chi connectivity index (χ1v) is 8.88. The zero-order chi connectivity index (χ0) is 20.0.